The normalized spacial score (nSPS) is 10.5. The molecule has 0 spiro atoms. The fourth-order valence-corrected chi connectivity index (χ4v) is 2.22. The van der Waals surface area contributed by atoms with E-state index in [1.807, 2.05) is 7.05 Å². The molecule has 17 heavy (non-hydrogen) atoms. The quantitative estimate of drug-likeness (QED) is 0.840. The van der Waals surface area contributed by atoms with E-state index in [1.165, 1.54) is 27.8 Å². The van der Waals surface area contributed by atoms with Crippen molar-refractivity contribution in [3.8, 4) is 11.1 Å². The number of hydrogen-bond donors (Lipinski definition) is 1. The van der Waals surface area contributed by atoms with Gasteiger partial charge in [0.1, 0.15) is 0 Å². The highest BCUT2D eigenvalue weighted by atomic mass is 14.8. The van der Waals surface area contributed by atoms with E-state index in [9.17, 15) is 0 Å². The summed E-state index contributed by atoms with van der Waals surface area (Å²) in [5.74, 6) is 0. The Morgan fingerprint density at radius 2 is 1.59 bits per heavy atom. The van der Waals surface area contributed by atoms with E-state index < -0.39 is 0 Å². The molecule has 0 aliphatic carbocycles. The van der Waals surface area contributed by atoms with E-state index in [2.05, 4.69) is 61.6 Å². The summed E-state index contributed by atoms with van der Waals surface area (Å²) in [6.07, 6.45) is 0. The van der Waals surface area contributed by atoms with Crippen LogP contribution in [0.25, 0.3) is 11.1 Å². The number of hydrogen-bond acceptors (Lipinski definition) is 1. The van der Waals surface area contributed by atoms with Gasteiger partial charge in [-0.3, -0.25) is 0 Å². The predicted octanol–water partition coefficient (Wildman–Crippen LogP) is 3.69. The first-order chi connectivity index (χ1) is 8.22. The molecule has 0 amide bonds. The zero-order valence-corrected chi connectivity index (χ0v) is 10.7. The first-order valence-corrected chi connectivity index (χ1v) is 6.02. The van der Waals surface area contributed by atoms with Crippen LogP contribution in [-0.2, 0) is 6.54 Å². The van der Waals surface area contributed by atoms with Crippen molar-refractivity contribution in [2.45, 2.75) is 20.4 Å². The van der Waals surface area contributed by atoms with E-state index in [0.717, 1.165) is 6.54 Å². The van der Waals surface area contributed by atoms with Gasteiger partial charge < -0.3 is 5.32 Å². The summed E-state index contributed by atoms with van der Waals surface area (Å²) in [6.45, 7) is 5.27. The molecular formula is C16H19N. The summed E-state index contributed by atoms with van der Waals surface area (Å²) in [5, 5.41) is 3.18. The fraction of sp³-hybridized carbons (Fsp3) is 0.250. The molecule has 1 heteroatoms. The summed E-state index contributed by atoms with van der Waals surface area (Å²) >= 11 is 0. The lowest BCUT2D eigenvalue weighted by Gasteiger charge is -2.11. The zero-order valence-electron chi connectivity index (χ0n) is 10.7. The molecule has 0 aliphatic heterocycles. The predicted molar refractivity (Wildman–Crippen MR) is 74.1 cm³/mol. The molecule has 0 heterocycles. The molecule has 0 atom stereocenters. The van der Waals surface area contributed by atoms with E-state index in [0.29, 0.717) is 0 Å². The lowest BCUT2D eigenvalue weighted by molar-refractivity contribution is 0.817. The average Bonchev–Trinajstić information content (AvgIpc) is 2.31. The molecule has 0 aromatic heterocycles. The molecule has 0 aliphatic rings. The van der Waals surface area contributed by atoms with Gasteiger partial charge in [0.15, 0.2) is 0 Å². The molecule has 1 nitrogen and oxygen atoms in total. The minimum atomic E-state index is 0.925. The van der Waals surface area contributed by atoms with Crippen molar-refractivity contribution in [2.24, 2.45) is 0 Å². The van der Waals surface area contributed by atoms with Gasteiger partial charge in [-0.15, -0.1) is 0 Å². The highest BCUT2D eigenvalue weighted by Gasteiger charge is 2.04. The first kappa shape index (κ1) is 11.9. The Hall–Kier alpha value is -1.60. The van der Waals surface area contributed by atoms with Crippen LogP contribution in [-0.4, -0.2) is 7.05 Å². The van der Waals surface area contributed by atoms with Crippen molar-refractivity contribution in [3.05, 3.63) is 59.2 Å². The van der Waals surface area contributed by atoms with Crippen LogP contribution >= 0.6 is 0 Å². The summed E-state index contributed by atoms with van der Waals surface area (Å²) < 4.78 is 0. The molecule has 2 aromatic carbocycles. The Bertz CT molecular complexity index is 515. The molecule has 0 saturated carbocycles. The van der Waals surface area contributed by atoms with E-state index in [4.69, 9.17) is 0 Å². The van der Waals surface area contributed by atoms with Gasteiger partial charge >= 0.3 is 0 Å². The standard InChI is InChI=1S/C16H19N/c1-12-6-4-5-7-15(12)16-9-8-14(11-17-3)10-13(16)2/h4-10,17H,11H2,1-3H3. The minimum Gasteiger partial charge on any atom is -0.316 e. The van der Waals surface area contributed by atoms with E-state index >= 15 is 0 Å². The van der Waals surface area contributed by atoms with Crippen LogP contribution in [0.2, 0.25) is 0 Å². The molecule has 0 fully saturated rings. The highest BCUT2D eigenvalue weighted by molar-refractivity contribution is 5.70. The Labute approximate surface area is 103 Å². The van der Waals surface area contributed by atoms with Crippen LogP contribution in [0.4, 0.5) is 0 Å². The van der Waals surface area contributed by atoms with Crippen LogP contribution in [0.1, 0.15) is 16.7 Å². The molecule has 2 aromatic rings. The van der Waals surface area contributed by atoms with Gasteiger partial charge in [-0.2, -0.15) is 0 Å². The second-order valence-electron chi connectivity index (χ2n) is 4.49. The molecule has 88 valence electrons. The summed E-state index contributed by atoms with van der Waals surface area (Å²) in [7, 11) is 1.98. The van der Waals surface area contributed by atoms with Crippen LogP contribution in [0.5, 0.6) is 0 Å². The van der Waals surface area contributed by atoms with Crippen molar-refractivity contribution in [1.29, 1.82) is 0 Å². The summed E-state index contributed by atoms with van der Waals surface area (Å²) in [4.78, 5) is 0. The van der Waals surface area contributed by atoms with Gasteiger partial charge in [0.2, 0.25) is 0 Å². The molecule has 0 saturated heterocycles. The van der Waals surface area contributed by atoms with Gasteiger partial charge in [0, 0.05) is 6.54 Å². The van der Waals surface area contributed by atoms with Gasteiger partial charge in [0.25, 0.3) is 0 Å². The van der Waals surface area contributed by atoms with Crippen molar-refractivity contribution in [2.75, 3.05) is 7.05 Å². The van der Waals surface area contributed by atoms with Crippen LogP contribution < -0.4 is 5.32 Å². The van der Waals surface area contributed by atoms with Crippen molar-refractivity contribution in [3.63, 3.8) is 0 Å². The SMILES string of the molecule is CNCc1ccc(-c2ccccc2C)c(C)c1. The third kappa shape index (κ3) is 2.56. The lowest BCUT2D eigenvalue weighted by Crippen LogP contribution is -2.05. The topological polar surface area (TPSA) is 12.0 Å². The molecular weight excluding hydrogens is 206 g/mol. The number of rotatable bonds is 3. The zero-order chi connectivity index (χ0) is 12.3. The van der Waals surface area contributed by atoms with Gasteiger partial charge in [-0.1, -0.05) is 42.5 Å². The Kier molecular flexibility index (Phi) is 3.60. The van der Waals surface area contributed by atoms with Gasteiger partial charge in [0.05, 0.1) is 0 Å². The summed E-state index contributed by atoms with van der Waals surface area (Å²) in [6, 6.07) is 15.2. The fourth-order valence-electron chi connectivity index (χ4n) is 2.22. The Morgan fingerprint density at radius 1 is 0.882 bits per heavy atom. The molecule has 2 rings (SSSR count). The number of benzene rings is 2. The largest absolute Gasteiger partial charge is 0.316 e. The van der Waals surface area contributed by atoms with Crippen molar-refractivity contribution >= 4 is 0 Å². The Balaban J connectivity index is 2.44. The van der Waals surface area contributed by atoms with Crippen LogP contribution in [0, 0.1) is 13.8 Å². The maximum Gasteiger partial charge on any atom is 0.0202 e. The van der Waals surface area contributed by atoms with Gasteiger partial charge in [-0.25, -0.2) is 0 Å². The van der Waals surface area contributed by atoms with Crippen molar-refractivity contribution < 1.29 is 0 Å². The van der Waals surface area contributed by atoms with Gasteiger partial charge in [-0.05, 0) is 48.7 Å². The highest BCUT2D eigenvalue weighted by Crippen LogP contribution is 2.26. The maximum atomic E-state index is 3.18. The van der Waals surface area contributed by atoms with E-state index in [1.54, 1.807) is 0 Å². The smallest absolute Gasteiger partial charge is 0.0202 e. The van der Waals surface area contributed by atoms with Crippen LogP contribution in [0.3, 0.4) is 0 Å². The second-order valence-corrected chi connectivity index (χ2v) is 4.49. The van der Waals surface area contributed by atoms with Crippen molar-refractivity contribution in [1.82, 2.24) is 5.32 Å². The third-order valence-electron chi connectivity index (χ3n) is 3.11. The lowest BCUT2D eigenvalue weighted by atomic mass is 9.95. The number of aryl methyl sites for hydroxylation is 2. The number of nitrogens with one attached hydrogen (secondary N) is 1. The Morgan fingerprint density at radius 3 is 2.24 bits per heavy atom. The average molecular weight is 225 g/mol. The second kappa shape index (κ2) is 5.15. The molecule has 0 bridgehead atoms. The molecule has 0 radical (unpaired) electrons. The van der Waals surface area contributed by atoms with Crippen LogP contribution in [0.15, 0.2) is 42.5 Å². The third-order valence-corrected chi connectivity index (χ3v) is 3.11. The summed E-state index contributed by atoms with van der Waals surface area (Å²) in [5.41, 5.74) is 6.68. The van der Waals surface area contributed by atoms with E-state index in [-0.39, 0.29) is 0 Å². The monoisotopic (exact) mass is 225 g/mol. The molecule has 1 N–H and O–H groups in total. The first-order valence-electron chi connectivity index (χ1n) is 6.02. The maximum absolute atomic E-state index is 3.18. The minimum absolute atomic E-state index is 0.925. The molecule has 0 unspecified atom stereocenters.